The van der Waals surface area contributed by atoms with Crippen molar-refractivity contribution in [3.05, 3.63) is 23.3 Å². The normalized spacial score (nSPS) is 20.0. The highest BCUT2D eigenvalue weighted by Gasteiger charge is 2.23. The Morgan fingerprint density at radius 2 is 2.23 bits per heavy atom. The fourth-order valence-electron chi connectivity index (χ4n) is 1.96. The second-order valence-corrected chi connectivity index (χ2v) is 3.44. The number of hydrogen-bond acceptors (Lipinski definition) is 3. The highest BCUT2D eigenvalue weighted by atomic mass is 16.5. The quantitative estimate of drug-likeness (QED) is 0.636. The summed E-state index contributed by atoms with van der Waals surface area (Å²) in [5, 5.41) is 0. The van der Waals surface area contributed by atoms with Crippen molar-refractivity contribution in [3.63, 3.8) is 0 Å². The molecule has 0 saturated carbocycles. The topological polar surface area (TPSA) is 61.3 Å². The Hall–Kier alpha value is -1.22. The van der Waals surface area contributed by atoms with Crippen LogP contribution in [0.2, 0.25) is 0 Å². The van der Waals surface area contributed by atoms with Crippen molar-refractivity contribution < 1.29 is 4.74 Å². The second kappa shape index (κ2) is 2.92. The van der Waals surface area contributed by atoms with Crippen molar-refractivity contribution in [1.82, 2.24) is 0 Å². The number of benzene rings is 1. The molecule has 1 aliphatic carbocycles. The fourth-order valence-corrected chi connectivity index (χ4v) is 1.96. The van der Waals surface area contributed by atoms with E-state index in [-0.39, 0.29) is 6.04 Å². The molecule has 1 atom stereocenters. The number of anilines is 1. The van der Waals surface area contributed by atoms with Gasteiger partial charge in [0.05, 0.1) is 7.11 Å². The van der Waals surface area contributed by atoms with Gasteiger partial charge in [-0.05, 0) is 24.5 Å². The highest BCUT2D eigenvalue weighted by molar-refractivity contribution is 5.55. The largest absolute Gasteiger partial charge is 0.496 e. The van der Waals surface area contributed by atoms with Crippen molar-refractivity contribution in [3.8, 4) is 5.75 Å². The van der Waals surface area contributed by atoms with Gasteiger partial charge in [0.1, 0.15) is 5.75 Å². The van der Waals surface area contributed by atoms with Gasteiger partial charge in [0.25, 0.3) is 0 Å². The Labute approximate surface area is 77.7 Å². The van der Waals surface area contributed by atoms with Crippen LogP contribution in [0.5, 0.6) is 5.75 Å². The third-order valence-corrected chi connectivity index (χ3v) is 2.57. The number of hydrogen-bond donors (Lipinski definition) is 2. The van der Waals surface area contributed by atoms with Crippen LogP contribution in [0, 0.1) is 0 Å². The zero-order chi connectivity index (χ0) is 9.42. The average Bonchev–Trinajstić information content (AvgIpc) is 2.46. The van der Waals surface area contributed by atoms with Crippen LogP contribution in [-0.2, 0) is 6.42 Å². The van der Waals surface area contributed by atoms with Crippen LogP contribution in [0.1, 0.15) is 23.6 Å². The van der Waals surface area contributed by atoms with E-state index >= 15 is 0 Å². The van der Waals surface area contributed by atoms with Crippen LogP contribution in [-0.4, -0.2) is 7.11 Å². The van der Waals surface area contributed by atoms with Crippen molar-refractivity contribution in [2.24, 2.45) is 5.73 Å². The number of nitrogens with two attached hydrogens (primary N) is 2. The Morgan fingerprint density at radius 3 is 2.92 bits per heavy atom. The summed E-state index contributed by atoms with van der Waals surface area (Å²) in [6.07, 6.45) is 2.01. The molecule has 0 radical (unpaired) electrons. The van der Waals surface area contributed by atoms with E-state index in [2.05, 4.69) is 0 Å². The smallest absolute Gasteiger partial charge is 0.125 e. The number of rotatable bonds is 1. The second-order valence-electron chi connectivity index (χ2n) is 3.44. The van der Waals surface area contributed by atoms with Gasteiger partial charge >= 0.3 is 0 Å². The number of ether oxygens (including phenoxy) is 1. The third-order valence-electron chi connectivity index (χ3n) is 2.57. The molecule has 1 aromatic rings. The molecule has 1 aliphatic rings. The van der Waals surface area contributed by atoms with Gasteiger partial charge in [0.2, 0.25) is 0 Å². The van der Waals surface area contributed by atoms with Crippen molar-refractivity contribution in [2.75, 3.05) is 12.8 Å². The van der Waals surface area contributed by atoms with E-state index < -0.39 is 0 Å². The van der Waals surface area contributed by atoms with Gasteiger partial charge < -0.3 is 16.2 Å². The molecular weight excluding hydrogens is 164 g/mol. The summed E-state index contributed by atoms with van der Waals surface area (Å²) >= 11 is 0. The molecule has 2 rings (SSSR count). The lowest BCUT2D eigenvalue weighted by Crippen LogP contribution is -2.07. The maximum absolute atomic E-state index is 5.95. The molecule has 0 fully saturated rings. The molecule has 0 amide bonds. The first-order chi connectivity index (χ1) is 6.22. The molecule has 1 aromatic carbocycles. The summed E-state index contributed by atoms with van der Waals surface area (Å²) < 4.78 is 5.25. The van der Waals surface area contributed by atoms with Crippen molar-refractivity contribution >= 4 is 5.69 Å². The molecule has 3 nitrogen and oxygen atoms in total. The lowest BCUT2D eigenvalue weighted by Gasteiger charge is -2.11. The van der Waals surface area contributed by atoms with Gasteiger partial charge in [0, 0.05) is 23.4 Å². The molecule has 0 heterocycles. The number of aryl methyl sites for hydroxylation is 1. The Morgan fingerprint density at radius 1 is 1.46 bits per heavy atom. The van der Waals surface area contributed by atoms with Crippen LogP contribution in [0.25, 0.3) is 0 Å². The minimum Gasteiger partial charge on any atom is -0.496 e. The van der Waals surface area contributed by atoms with E-state index in [1.54, 1.807) is 7.11 Å². The number of methoxy groups -OCH3 is 1. The van der Waals surface area contributed by atoms with E-state index in [0.29, 0.717) is 0 Å². The Balaban J connectivity index is 2.57. The molecule has 0 saturated heterocycles. The zero-order valence-corrected chi connectivity index (χ0v) is 7.71. The van der Waals surface area contributed by atoms with E-state index in [9.17, 15) is 0 Å². The third kappa shape index (κ3) is 1.25. The first kappa shape index (κ1) is 8.38. The lowest BCUT2D eigenvalue weighted by atomic mass is 10.1. The summed E-state index contributed by atoms with van der Waals surface area (Å²) in [6.45, 7) is 0. The van der Waals surface area contributed by atoms with Crippen LogP contribution in [0.3, 0.4) is 0 Å². The maximum atomic E-state index is 5.95. The van der Waals surface area contributed by atoms with Gasteiger partial charge in [-0.3, -0.25) is 0 Å². The molecule has 4 N–H and O–H groups in total. The maximum Gasteiger partial charge on any atom is 0.125 e. The molecule has 13 heavy (non-hydrogen) atoms. The Bertz CT molecular complexity index is 336. The summed E-state index contributed by atoms with van der Waals surface area (Å²) in [5.41, 5.74) is 14.8. The van der Waals surface area contributed by atoms with E-state index in [1.165, 1.54) is 5.56 Å². The van der Waals surface area contributed by atoms with Gasteiger partial charge in [-0.1, -0.05) is 0 Å². The lowest BCUT2D eigenvalue weighted by molar-refractivity contribution is 0.407. The van der Waals surface area contributed by atoms with Gasteiger partial charge in [0.15, 0.2) is 0 Å². The van der Waals surface area contributed by atoms with E-state index in [0.717, 1.165) is 29.8 Å². The minimum atomic E-state index is 0.116. The van der Waals surface area contributed by atoms with Crippen LogP contribution in [0.4, 0.5) is 5.69 Å². The predicted octanol–water partition coefficient (Wildman–Crippen LogP) is 1.22. The average molecular weight is 178 g/mol. The number of fused-ring (bicyclic) bond motifs is 1. The SMILES string of the molecule is COc1cc(N)cc2c1[C@@H](N)CC2. The molecule has 0 aliphatic heterocycles. The van der Waals surface area contributed by atoms with Crippen LogP contribution in [0.15, 0.2) is 12.1 Å². The summed E-state index contributed by atoms with van der Waals surface area (Å²) in [7, 11) is 1.65. The van der Waals surface area contributed by atoms with Crippen LogP contribution >= 0.6 is 0 Å². The standard InChI is InChI=1S/C10H14N2O/c1-13-9-5-7(11)4-6-2-3-8(12)10(6)9/h4-5,8H,2-3,11-12H2,1H3/t8-/m0/s1. The monoisotopic (exact) mass is 178 g/mol. The minimum absolute atomic E-state index is 0.116. The molecule has 0 spiro atoms. The molecular formula is C10H14N2O. The first-order valence-electron chi connectivity index (χ1n) is 4.44. The van der Waals surface area contributed by atoms with Crippen molar-refractivity contribution in [1.29, 1.82) is 0 Å². The fraction of sp³-hybridized carbons (Fsp3) is 0.400. The van der Waals surface area contributed by atoms with E-state index in [1.807, 2.05) is 12.1 Å². The molecule has 0 unspecified atom stereocenters. The zero-order valence-electron chi connectivity index (χ0n) is 7.71. The molecule has 70 valence electrons. The summed E-state index contributed by atoms with van der Waals surface area (Å²) in [5.74, 6) is 0.833. The predicted molar refractivity (Wildman–Crippen MR) is 52.7 cm³/mol. The highest BCUT2D eigenvalue weighted by Crippen LogP contribution is 2.37. The summed E-state index contributed by atoms with van der Waals surface area (Å²) in [6, 6.07) is 3.94. The molecule has 3 heteroatoms. The van der Waals surface area contributed by atoms with Crippen molar-refractivity contribution in [2.45, 2.75) is 18.9 Å². The van der Waals surface area contributed by atoms with Gasteiger partial charge in [-0.25, -0.2) is 0 Å². The molecule has 0 bridgehead atoms. The summed E-state index contributed by atoms with van der Waals surface area (Å²) in [4.78, 5) is 0. The first-order valence-corrected chi connectivity index (χ1v) is 4.44. The Kier molecular flexibility index (Phi) is 1.88. The van der Waals surface area contributed by atoms with Gasteiger partial charge in [-0.15, -0.1) is 0 Å². The molecule has 0 aromatic heterocycles. The van der Waals surface area contributed by atoms with Crippen LogP contribution < -0.4 is 16.2 Å². The van der Waals surface area contributed by atoms with E-state index in [4.69, 9.17) is 16.2 Å². The number of nitrogen functional groups attached to an aromatic ring is 1. The van der Waals surface area contributed by atoms with Gasteiger partial charge in [-0.2, -0.15) is 0 Å².